The third kappa shape index (κ3) is 0.913. The molecule has 1 N–H and O–H groups in total. The van der Waals surface area contributed by atoms with E-state index < -0.39 is 0 Å². The lowest BCUT2D eigenvalue weighted by atomic mass is 9.96. The molecule has 0 saturated heterocycles. The average molecular weight is 165 g/mol. The van der Waals surface area contributed by atoms with Crippen molar-refractivity contribution in [3.05, 3.63) is 21.6 Å². The molecule has 0 atom stereocenters. The zero-order valence-electron chi connectivity index (χ0n) is 7.22. The molecule has 0 saturated carbocycles. The number of aromatic nitrogens is 2. The molecule has 64 valence electrons. The van der Waals surface area contributed by atoms with Gasteiger partial charge in [-0.15, -0.1) is 0 Å². The quantitative estimate of drug-likeness (QED) is 0.634. The summed E-state index contributed by atoms with van der Waals surface area (Å²) in [6, 6.07) is 0. The number of aryl methyl sites for hydroxylation is 1. The lowest BCUT2D eigenvalue weighted by Crippen LogP contribution is -2.28. The third-order valence-electron chi connectivity index (χ3n) is 2.12. The molecule has 12 heavy (non-hydrogen) atoms. The number of anilines is 1. The maximum Gasteiger partial charge on any atom is 0.255 e. The molecule has 0 aliphatic heterocycles. The molecule has 0 radical (unpaired) electrons. The first kappa shape index (κ1) is 7.34. The SMILES string of the molecule is CN(C)c1nc2c(c(=O)[nH]1)CC2. The second kappa shape index (κ2) is 2.33. The molecule has 1 aromatic heterocycles. The Morgan fingerprint density at radius 1 is 1.42 bits per heavy atom. The molecular formula is C8H11N3O. The van der Waals surface area contributed by atoms with Gasteiger partial charge in [0.2, 0.25) is 5.95 Å². The van der Waals surface area contributed by atoms with Crippen molar-refractivity contribution in [2.75, 3.05) is 19.0 Å². The lowest BCUT2D eigenvalue weighted by Gasteiger charge is -2.19. The van der Waals surface area contributed by atoms with E-state index in [0.717, 1.165) is 24.1 Å². The molecule has 2 rings (SSSR count). The van der Waals surface area contributed by atoms with Crippen LogP contribution < -0.4 is 10.5 Å². The van der Waals surface area contributed by atoms with Crippen LogP contribution in [0.15, 0.2) is 4.79 Å². The molecule has 0 spiro atoms. The van der Waals surface area contributed by atoms with Crippen LogP contribution in [0.5, 0.6) is 0 Å². The number of hydrogen-bond acceptors (Lipinski definition) is 3. The minimum atomic E-state index is 0.0231. The summed E-state index contributed by atoms with van der Waals surface area (Å²) in [5.41, 5.74) is 1.85. The second-order valence-corrected chi connectivity index (χ2v) is 3.21. The Kier molecular flexibility index (Phi) is 1.43. The van der Waals surface area contributed by atoms with E-state index in [2.05, 4.69) is 9.97 Å². The summed E-state index contributed by atoms with van der Waals surface area (Å²) in [5.74, 6) is 0.651. The summed E-state index contributed by atoms with van der Waals surface area (Å²) < 4.78 is 0. The molecule has 1 aromatic rings. The molecule has 1 heterocycles. The molecular weight excluding hydrogens is 154 g/mol. The van der Waals surface area contributed by atoms with Crippen LogP contribution in [-0.4, -0.2) is 24.1 Å². The average Bonchev–Trinajstić information content (AvgIpc) is 1.92. The van der Waals surface area contributed by atoms with Crippen molar-refractivity contribution < 1.29 is 0 Å². The van der Waals surface area contributed by atoms with Crippen LogP contribution in [0.1, 0.15) is 11.3 Å². The molecule has 4 heteroatoms. The van der Waals surface area contributed by atoms with Crippen molar-refractivity contribution in [2.24, 2.45) is 0 Å². The Balaban J connectivity index is 2.56. The number of H-pyrrole nitrogens is 1. The maximum absolute atomic E-state index is 11.3. The van der Waals surface area contributed by atoms with Crippen molar-refractivity contribution in [3.63, 3.8) is 0 Å². The topological polar surface area (TPSA) is 49.0 Å². The van der Waals surface area contributed by atoms with E-state index in [-0.39, 0.29) is 5.56 Å². The minimum Gasteiger partial charge on any atom is -0.348 e. The summed E-state index contributed by atoms with van der Waals surface area (Å²) in [4.78, 5) is 20.1. The molecule has 0 aromatic carbocycles. The predicted octanol–water partition coefficient (Wildman–Crippen LogP) is -0.0655. The van der Waals surface area contributed by atoms with Crippen LogP contribution >= 0.6 is 0 Å². The van der Waals surface area contributed by atoms with Gasteiger partial charge >= 0.3 is 0 Å². The van der Waals surface area contributed by atoms with Gasteiger partial charge in [-0.1, -0.05) is 0 Å². The molecule has 0 unspecified atom stereocenters. The first-order valence-corrected chi connectivity index (χ1v) is 3.98. The number of rotatable bonds is 1. The van der Waals surface area contributed by atoms with Gasteiger partial charge in [-0.25, -0.2) is 4.98 Å². The Hall–Kier alpha value is -1.32. The first-order valence-electron chi connectivity index (χ1n) is 3.98. The van der Waals surface area contributed by atoms with Gasteiger partial charge in [0.1, 0.15) is 0 Å². The monoisotopic (exact) mass is 165 g/mol. The fourth-order valence-electron chi connectivity index (χ4n) is 1.27. The van der Waals surface area contributed by atoms with Gasteiger partial charge in [0, 0.05) is 19.7 Å². The smallest absolute Gasteiger partial charge is 0.255 e. The van der Waals surface area contributed by atoms with Gasteiger partial charge in [0.05, 0.1) is 5.69 Å². The summed E-state index contributed by atoms with van der Waals surface area (Å²) in [5, 5.41) is 0. The van der Waals surface area contributed by atoms with Crippen LogP contribution in [0.4, 0.5) is 5.95 Å². The number of aromatic amines is 1. The van der Waals surface area contributed by atoms with E-state index in [1.54, 1.807) is 4.90 Å². The fourth-order valence-corrected chi connectivity index (χ4v) is 1.27. The zero-order chi connectivity index (χ0) is 8.72. The summed E-state index contributed by atoms with van der Waals surface area (Å²) in [6.45, 7) is 0. The van der Waals surface area contributed by atoms with E-state index in [0.29, 0.717) is 5.95 Å². The summed E-state index contributed by atoms with van der Waals surface area (Å²) in [7, 11) is 3.73. The minimum absolute atomic E-state index is 0.0231. The van der Waals surface area contributed by atoms with Crippen LogP contribution in [0, 0.1) is 0 Å². The Morgan fingerprint density at radius 3 is 2.58 bits per heavy atom. The Morgan fingerprint density at radius 2 is 2.17 bits per heavy atom. The standard InChI is InChI=1S/C8H11N3O/c1-11(2)8-9-6-4-3-5(6)7(12)10-8/h3-4H2,1-2H3,(H,9,10,12). The number of hydrogen-bond donors (Lipinski definition) is 1. The molecule has 1 aliphatic carbocycles. The maximum atomic E-state index is 11.3. The van der Waals surface area contributed by atoms with Gasteiger partial charge in [-0.2, -0.15) is 0 Å². The van der Waals surface area contributed by atoms with E-state index in [9.17, 15) is 4.79 Å². The molecule has 0 bridgehead atoms. The normalized spacial score (nSPS) is 13.5. The van der Waals surface area contributed by atoms with E-state index in [1.165, 1.54) is 0 Å². The first-order chi connectivity index (χ1) is 5.68. The molecule has 1 aliphatic rings. The van der Waals surface area contributed by atoms with Gasteiger partial charge in [0.15, 0.2) is 0 Å². The van der Waals surface area contributed by atoms with Crippen molar-refractivity contribution in [1.29, 1.82) is 0 Å². The van der Waals surface area contributed by atoms with Crippen molar-refractivity contribution in [2.45, 2.75) is 12.8 Å². The van der Waals surface area contributed by atoms with Gasteiger partial charge < -0.3 is 4.90 Å². The van der Waals surface area contributed by atoms with Gasteiger partial charge in [-0.3, -0.25) is 9.78 Å². The second-order valence-electron chi connectivity index (χ2n) is 3.21. The Labute approximate surface area is 70.2 Å². The van der Waals surface area contributed by atoms with Gasteiger partial charge in [0.25, 0.3) is 5.56 Å². The highest BCUT2D eigenvalue weighted by Gasteiger charge is 2.19. The fraction of sp³-hybridized carbons (Fsp3) is 0.500. The van der Waals surface area contributed by atoms with Crippen molar-refractivity contribution in [1.82, 2.24) is 9.97 Å². The largest absolute Gasteiger partial charge is 0.348 e. The van der Waals surface area contributed by atoms with Crippen LogP contribution in [-0.2, 0) is 12.8 Å². The predicted molar refractivity (Wildman–Crippen MR) is 46.6 cm³/mol. The number of nitrogens with one attached hydrogen (secondary N) is 1. The van der Waals surface area contributed by atoms with Crippen LogP contribution in [0.3, 0.4) is 0 Å². The Bertz CT molecular complexity index is 367. The summed E-state index contributed by atoms with van der Waals surface area (Å²) >= 11 is 0. The van der Waals surface area contributed by atoms with E-state index in [1.807, 2.05) is 14.1 Å². The van der Waals surface area contributed by atoms with E-state index in [4.69, 9.17) is 0 Å². The third-order valence-corrected chi connectivity index (χ3v) is 2.12. The van der Waals surface area contributed by atoms with Crippen molar-refractivity contribution >= 4 is 5.95 Å². The lowest BCUT2D eigenvalue weighted by molar-refractivity contribution is 0.749. The zero-order valence-corrected chi connectivity index (χ0v) is 7.22. The van der Waals surface area contributed by atoms with Crippen molar-refractivity contribution in [3.8, 4) is 0 Å². The highest BCUT2D eigenvalue weighted by Crippen LogP contribution is 2.17. The van der Waals surface area contributed by atoms with Crippen LogP contribution in [0.2, 0.25) is 0 Å². The highest BCUT2D eigenvalue weighted by atomic mass is 16.1. The molecule has 4 nitrogen and oxygen atoms in total. The molecule has 0 fully saturated rings. The van der Waals surface area contributed by atoms with Crippen LogP contribution in [0.25, 0.3) is 0 Å². The number of nitrogens with zero attached hydrogens (tertiary/aromatic N) is 2. The summed E-state index contributed by atoms with van der Waals surface area (Å²) in [6.07, 6.45) is 1.82. The highest BCUT2D eigenvalue weighted by molar-refractivity contribution is 5.35. The molecule has 0 amide bonds. The number of fused-ring (bicyclic) bond motifs is 1. The van der Waals surface area contributed by atoms with Gasteiger partial charge in [-0.05, 0) is 12.8 Å². The van der Waals surface area contributed by atoms with E-state index >= 15 is 0 Å².